The van der Waals surface area contributed by atoms with Crippen LogP contribution in [0.5, 0.6) is 0 Å². The van der Waals surface area contributed by atoms with Crippen LogP contribution in [0.1, 0.15) is 17.5 Å². The molecule has 0 bridgehead atoms. The third kappa shape index (κ3) is 5.65. The minimum Gasteiger partial charge on any atom is -0.239 e. The number of aryl methyl sites for hydroxylation is 2. The summed E-state index contributed by atoms with van der Waals surface area (Å²) in [7, 11) is -7.36. The maximum absolute atomic E-state index is 13.6. The quantitative estimate of drug-likeness (QED) is 0.512. The first-order valence-corrected chi connectivity index (χ1v) is 12.3. The molecular formula is C23H23NO3S2. The first kappa shape index (κ1) is 21.0. The van der Waals surface area contributed by atoms with Gasteiger partial charge in [-0.15, -0.1) is 0 Å². The zero-order valence-electron chi connectivity index (χ0n) is 16.1. The van der Waals surface area contributed by atoms with Crippen LogP contribution in [-0.2, 0) is 26.2 Å². The minimum atomic E-state index is -4.07. The van der Waals surface area contributed by atoms with Gasteiger partial charge in [0.15, 0.2) is 0 Å². The van der Waals surface area contributed by atoms with Gasteiger partial charge in [-0.25, -0.2) is 4.21 Å². The molecule has 3 aromatic carbocycles. The Hall–Kier alpha value is -2.70. The van der Waals surface area contributed by atoms with Crippen LogP contribution >= 0.6 is 0 Å². The van der Waals surface area contributed by atoms with Crippen LogP contribution < -0.4 is 0 Å². The van der Waals surface area contributed by atoms with E-state index in [0.29, 0.717) is 11.3 Å². The highest BCUT2D eigenvalue weighted by molar-refractivity contribution is 8.05. The molecular weight excluding hydrogens is 402 g/mol. The summed E-state index contributed by atoms with van der Waals surface area (Å²) in [6.07, 6.45) is 3.15. The van der Waals surface area contributed by atoms with Gasteiger partial charge in [-0.1, -0.05) is 76.1 Å². The van der Waals surface area contributed by atoms with Crippen molar-refractivity contribution in [3.8, 4) is 0 Å². The molecule has 0 saturated heterocycles. The van der Waals surface area contributed by atoms with Gasteiger partial charge in [-0.05, 0) is 49.6 Å². The lowest BCUT2D eigenvalue weighted by Gasteiger charge is -2.07. The van der Waals surface area contributed by atoms with Crippen LogP contribution in [0.2, 0.25) is 0 Å². The molecule has 0 N–H and O–H groups in total. The van der Waals surface area contributed by atoms with Crippen LogP contribution in [0, 0.1) is 6.92 Å². The molecule has 4 nitrogen and oxygen atoms in total. The Kier molecular flexibility index (Phi) is 6.67. The summed E-state index contributed by atoms with van der Waals surface area (Å²) in [6, 6.07) is 24.8. The van der Waals surface area contributed by atoms with Gasteiger partial charge in [-0.2, -0.15) is 8.42 Å². The number of rotatable bonds is 7. The molecule has 0 amide bonds. The van der Waals surface area contributed by atoms with Gasteiger partial charge >= 0.3 is 0 Å². The van der Waals surface area contributed by atoms with Crippen LogP contribution in [0.3, 0.4) is 0 Å². The standard InChI is InChI=1S/C23H23NO3S2/c1-20-15-17-23(18-16-20)29(26,27)24-28(25,22-13-6-3-7-14-22)19-9-8-12-21-10-4-2-5-11-21/h2-7,9-11,13-19H,8,12H2,1H3/b19-9+. The highest BCUT2D eigenvalue weighted by atomic mass is 32.3. The molecule has 6 heteroatoms. The summed E-state index contributed by atoms with van der Waals surface area (Å²) >= 11 is 0. The van der Waals surface area contributed by atoms with Gasteiger partial charge in [0, 0.05) is 5.41 Å². The fourth-order valence-electron chi connectivity index (χ4n) is 2.75. The topological polar surface area (TPSA) is 63.6 Å². The van der Waals surface area contributed by atoms with E-state index in [1.807, 2.05) is 37.3 Å². The summed E-state index contributed by atoms with van der Waals surface area (Å²) in [5.74, 6) is 0. The van der Waals surface area contributed by atoms with Gasteiger partial charge < -0.3 is 0 Å². The van der Waals surface area contributed by atoms with E-state index in [1.165, 1.54) is 17.5 Å². The van der Waals surface area contributed by atoms with Crippen molar-refractivity contribution < 1.29 is 12.6 Å². The molecule has 3 rings (SSSR count). The first-order valence-electron chi connectivity index (χ1n) is 9.25. The lowest BCUT2D eigenvalue weighted by Crippen LogP contribution is -2.04. The van der Waals surface area contributed by atoms with Crippen molar-refractivity contribution in [2.75, 3.05) is 0 Å². The summed E-state index contributed by atoms with van der Waals surface area (Å²) in [6.45, 7) is 1.87. The molecule has 1 unspecified atom stereocenters. The van der Waals surface area contributed by atoms with Crippen LogP contribution in [0.15, 0.2) is 110 Å². The van der Waals surface area contributed by atoms with Crippen molar-refractivity contribution in [3.63, 3.8) is 0 Å². The molecule has 0 aliphatic heterocycles. The minimum absolute atomic E-state index is 0.0319. The van der Waals surface area contributed by atoms with E-state index in [9.17, 15) is 12.6 Å². The Morgan fingerprint density at radius 1 is 0.759 bits per heavy atom. The van der Waals surface area contributed by atoms with E-state index < -0.39 is 19.8 Å². The predicted molar refractivity (Wildman–Crippen MR) is 118 cm³/mol. The van der Waals surface area contributed by atoms with E-state index in [0.717, 1.165) is 17.5 Å². The molecule has 0 spiro atoms. The number of sulfonamides is 1. The number of hydrogen-bond acceptors (Lipinski definition) is 3. The maximum atomic E-state index is 13.6. The molecule has 3 aromatic rings. The van der Waals surface area contributed by atoms with Crippen LogP contribution in [-0.4, -0.2) is 12.6 Å². The monoisotopic (exact) mass is 425 g/mol. The lowest BCUT2D eigenvalue weighted by molar-refractivity contribution is 0.598. The molecule has 0 aliphatic carbocycles. The second-order valence-corrected chi connectivity index (χ2v) is 10.5. The molecule has 29 heavy (non-hydrogen) atoms. The molecule has 1 atom stereocenters. The zero-order chi connectivity index (χ0) is 20.7. The highest BCUT2D eigenvalue weighted by Crippen LogP contribution is 2.22. The Morgan fingerprint density at radius 3 is 1.97 bits per heavy atom. The van der Waals surface area contributed by atoms with E-state index in [4.69, 9.17) is 0 Å². The van der Waals surface area contributed by atoms with E-state index >= 15 is 0 Å². The fraction of sp³-hybridized carbons (Fsp3) is 0.130. The van der Waals surface area contributed by atoms with Gasteiger partial charge in [0.05, 0.1) is 9.79 Å². The number of benzene rings is 3. The molecule has 0 saturated carbocycles. The number of allylic oxidation sites excluding steroid dienone is 1. The van der Waals surface area contributed by atoms with Crippen molar-refractivity contribution in [2.45, 2.75) is 29.6 Å². The van der Waals surface area contributed by atoms with E-state index in [1.54, 1.807) is 48.5 Å². The number of nitrogens with zero attached hydrogens (tertiary/aromatic N) is 1. The normalized spacial score (nSPS) is 13.8. The van der Waals surface area contributed by atoms with Gasteiger partial charge in [-0.3, -0.25) is 0 Å². The van der Waals surface area contributed by atoms with Crippen molar-refractivity contribution in [1.29, 1.82) is 0 Å². The Morgan fingerprint density at radius 2 is 1.34 bits per heavy atom. The highest BCUT2D eigenvalue weighted by Gasteiger charge is 2.18. The van der Waals surface area contributed by atoms with Crippen molar-refractivity contribution >= 4 is 19.8 Å². The van der Waals surface area contributed by atoms with Crippen LogP contribution in [0.4, 0.5) is 0 Å². The molecule has 0 fully saturated rings. The SMILES string of the molecule is Cc1ccc(S(=O)(=O)N=S(=O)(/C=C/CCc2ccccc2)c2ccccc2)cc1. The zero-order valence-corrected chi connectivity index (χ0v) is 17.8. The molecule has 0 heterocycles. The van der Waals surface area contributed by atoms with Crippen molar-refractivity contribution in [3.05, 3.63) is 108 Å². The van der Waals surface area contributed by atoms with Gasteiger partial charge in [0.2, 0.25) is 0 Å². The average molecular weight is 426 g/mol. The molecule has 0 aromatic heterocycles. The largest absolute Gasteiger partial charge is 0.290 e. The molecule has 150 valence electrons. The average Bonchev–Trinajstić information content (AvgIpc) is 2.73. The van der Waals surface area contributed by atoms with Gasteiger partial charge in [0.1, 0.15) is 9.73 Å². The third-order valence-electron chi connectivity index (χ3n) is 4.33. The lowest BCUT2D eigenvalue weighted by atomic mass is 10.1. The fourth-order valence-corrected chi connectivity index (χ4v) is 6.39. The number of hydrogen-bond donors (Lipinski definition) is 0. The summed E-state index contributed by atoms with van der Waals surface area (Å²) < 4.78 is 43.1. The van der Waals surface area contributed by atoms with Gasteiger partial charge in [0.25, 0.3) is 10.0 Å². The van der Waals surface area contributed by atoms with Crippen molar-refractivity contribution in [2.24, 2.45) is 3.77 Å². The maximum Gasteiger partial charge on any atom is 0.290 e. The Bertz CT molecular complexity index is 1190. The Balaban J connectivity index is 1.95. The second kappa shape index (κ2) is 9.20. The third-order valence-corrected chi connectivity index (χ3v) is 8.38. The van der Waals surface area contributed by atoms with Crippen LogP contribution in [0.25, 0.3) is 0 Å². The summed E-state index contributed by atoms with van der Waals surface area (Å²) in [4.78, 5) is 0.399. The smallest absolute Gasteiger partial charge is 0.239 e. The first-order chi connectivity index (χ1) is 13.9. The van der Waals surface area contributed by atoms with E-state index in [-0.39, 0.29) is 4.90 Å². The Labute approximate surface area is 173 Å². The molecule has 0 aliphatic rings. The van der Waals surface area contributed by atoms with Crippen molar-refractivity contribution in [1.82, 2.24) is 0 Å². The summed E-state index contributed by atoms with van der Waals surface area (Å²) in [5, 5.41) is 1.43. The van der Waals surface area contributed by atoms with E-state index in [2.05, 4.69) is 3.77 Å². The molecule has 0 radical (unpaired) electrons. The second-order valence-electron chi connectivity index (χ2n) is 6.64. The predicted octanol–water partition coefficient (Wildman–Crippen LogP) is 5.36. The summed E-state index contributed by atoms with van der Waals surface area (Å²) in [5.41, 5.74) is 2.10.